The minimum atomic E-state index is -0.219. The maximum atomic E-state index is 12.8. The van der Waals surface area contributed by atoms with Crippen molar-refractivity contribution in [2.24, 2.45) is 7.05 Å². The molecule has 0 aliphatic heterocycles. The Bertz CT molecular complexity index is 478. The molecule has 17 heavy (non-hydrogen) atoms. The zero-order chi connectivity index (χ0) is 12.3. The van der Waals surface area contributed by atoms with Gasteiger partial charge in [-0.25, -0.2) is 4.39 Å². The monoisotopic (exact) mass is 234 g/mol. The highest BCUT2D eigenvalue weighted by molar-refractivity contribution is 5.21. The van der Waals surface area contributed by atoms with Crippen molar-refractivity contribution in [3.63, 3.8) is 0 Å². The van der Waals surface area contributed by atoms with Gasteiger partial charge in [0.05, 0.1) is 5.69 Å². The van der Waals surface area contributed by atoms with Gasteiger partial charge in [0.25, 0.3) is 0 Å². The second-order valence-corrected chi connectivity index (χ2v) is 3.98. The fourth-order valence-corrected chi connectivity index (χ4v) is 1.78. The number of nitrogens with one attached hydrogen (secondary N) is 1. The lowest BCUT2D eigenvalue weighted by Crippen LogP contribution is -2.19. The molecule has 1 unspecified atom stereocenters. The number of aromatic nitrogens is 3. The van der Waals surface area contributed by atoms with Crippen molar-refractivity contribution in [2.45, 2.75) is 12.5 Å². The van der Waals surface area contributed by atoms with Crippen LogP contribution in [-0.4, -0.2) is 22.0 Å². The molecule has 0 fully saturated rings. The third kappa shape index (κ3) is 2.88. The lowest BCUT2D eigenvalue weighted by molar-refractivity contribution is 0.578. The molecule has 0 saturated carbocycles. The van der Waals surface area contributed by atoms with Crippen LogP contribution in [0.25, 0.3) is 0 Å². The van der Waals surface area contributed by atoms with E-state index in [1.807, 2.05) is 20.3 Å². The molecular weight excluding hydrogens is 219 g/mol. The minimum Gasteiger partial charge on any atom is -0.313 e. The average molecular weight is 234 g/mol. The highest BCUT2D eigenvalue weighted by Gasteiger charge is 2.12. The first-order chi connectivity index (χ1) is 8.19. The van der Waals surface area contributed by atoms with E-state index in [-0.39, 0.29) is 11.9 Å². The molecule has 1 heterocycles. The molecule has 0 saturated heterocycles. The van der Waals surface area contributed by atoms with Crippen molar-refractivity contribution in [3.05, 3.63) is 47.5 Å². The smallest absolute Gasteiger partial charge is 0.123 e. The van der Waals surface area contributed by atoms with E-state index >= 15 is 0 Å². The van der Waals surface area contributed by atoms with Gasteiger partial charge in [-0.2, -0.15) is 0 Å². The topological polar surface area (TPSA) is 42.7 Å². The lowest BCUT2D eigenvalue weighted by atomic mass is 10.0. The summed E-state index contributed by atoms with van der Waals surface area (Å²) in [6, 6.07) is 6.62. The van der Waals surface area contributed by atoms with Crippen LogP contribution in [0.2, 0.25) is 0 Å². The Morgan fingerprint density at radius 3 is 2.59 bits per heavy atom. The van der Waals surface area contributed by atoms with Gasteiger partial charge >= 0.3 is 0 Å². The normalized spacial score (nSPS) is 12.6. The second kappa shape index (κ2) is 5.05. The first-order valence-electron chi connectivity index (χ1n) is 5.47. The third-order valence-corrected chi connectivity index (χ3v) is 2.68. The number of aryl methyl sites for hydroxylation is 1. The van der Waals surface area contributed by atoms with E-state index in [0.29, 0.717) is 0 Å². The average Bonchev–Trinajstić information content (AvgIpc) is 2.73. The maximum absolute atomic E-state index is 12.8. The summed E-state index contributed by atoms with van der Waals surface area (Å²) in [5.41, 5.74) is 1.95. The molecule has 1 aromatic carbocycles. The van der Waals surface area contributed by atoms with Gasteiger partial charge in [0.1, 0.15) is 5.82 Å². The summed E-state index contributed by atoms with van der Waals surface area (Å²) >= 11 is 0. The largest absolute Gasteiger partial charge is 0.313 e. The van der Waals surface area contributed by atoms with E-state index < -0.39 is 0 Å². The van der Waals surface area contributed by atoms with Crippen molar-refractivity contribution in [1.29, 1.82) is 0 Å². The third-order valence-electron chi connectivity index (χ3n) is 2.68. The molecule has 0 aliphatic rings. The van der Waals surface area contributed by atoms with Gasteiger partial charge in [-0.1, -0.05) is 17.3 Å². The van der Waals surface area contributed by atoms with Crippen LogP contribution in [0.5, 0.6) is 0 Å². The van der Waals surface area contributed by atoms with Crippen molar-refractivity contribution < 1.29 is 4.39 Å². The fraction of sp³-hybridized carbons (Fsp3) is 0.333. The number of hydrogen-bond acceptors (Lipinski definition) is 3. The Morgan fingerprint density at radius 2 is 2.06 bits per heavy atom. The summed E-state index contributed by atoms with van der Waals surface area (Å²) in [6.07, 6.45) is 2.61. The summed E-state index contributed by atoms with van der Waals surface area (Å²) in [7, 11) is 3.72. The van der Waals surface area contributed by atoms with Crippen LogP contribution in [0.15, 0.2) is 30.5 Å². The molecule has 1 aromatic heterocycles. The Kier molecular flexibility index (Phi) is 3.49. The Morgan fingerprint density at radius 1 is 1.35 bits per heavy atom. The summed E-state index contributed by atoms with van der Waals surface area (Å²) < 4.78 is 14.5. The van der Waals surface area contributed by atoms with Gasteiger partial charge in [0, 0.05) is 25.7 Å². The van der Waals surface area contributed by atoms with Crippen LogP contribution in [0.1, 0.15) is 17.3 Å². The maximum Gasteiger partial charge on any atom is 0.123 e. The molecule has 2 rings (SSSR count). The van der Waals surface area contributed by atoms with Crippen molar-refractivity contribution in [1.82, 2.24) is 20.3 Å². The quantitative estimate of drug-likeness (QED) is 0.870. The van der Waals surface area contributed by atoms with Crippen LogP contribution in [-0.2, 0) is 13.5 Å². The van der Waals surface area contributed by atoms with Gasteiger partial charge in [-0.3, -0.25) is 4.68 Å². The minimum absolute atomic E-state index is 0.118. The van der Waals surface area contributed by atoms with Gasteiger partial charge in [0.2, 0.25) is 0 Å². The van der Waals surface area contributed by atoms with Crippen molar-refractivity contribution in [3.8, 4) is 0 Å². The van der Waals surface area contributed by atoms with Crippen LogP contribution in [0, 0.1) is 5.82 Å². The first-order valence-corrected chi connectivity index (χ1v) is 5.47. The molecule has 0 bridgehead atoms. The number of hydrogen-bond donors (Lipinski definition) is 1. The van der Waals surface area contributed by atoms with Crippen LogP contribution in [0.3, 0.4) is 0 Å². The standard InChI is InChI=1S/C12H15FN4/c1-14-12(7-11-8-17(2)16-15-11)9-3-5-10(13)6-4-9/h3-6,8,12,14H,7H2,1-2H3. The van der Waals surface area contributed by atoms with E-state index in [0.717, 1.165) is 17.7 Å². The summed E-state index contributed by atoms with van der Waals surface area (Å²) in [6.45, 7) is 0. The molecule has 1 atom stereocenters. The van der Waals surface area contributed by atoms with Crippen LogP contribution >= 0.6 is 0 Å². The van der Waals surface area contributed by atoms with E-state index in [1.165, 1.54) is 12.1 Å². The number of rotatable bonds is 4. The molecule has 4 nitrogen and oxygen atoms in total. The fourth-order valence-electron chi connectivity index (χ4n) is 1.78. The van der Waals surface area contributed by atoms with Crippen LogP contribution < -0.4 is 5.32 Å². The Labute approximate surface area is 99.5 Å². The van der Waals surface area contributed by atoms with Crippen molar-refractivity contribution in [2.75, 3.05) is 7.05 Å². The molecule has 5 heteroatoms. The van der Waals surface area contributed by atoms with Gasteiger partial charge < -0.3 is 5.32 Å². The van der Waals surface area contributed by atoms with Gasteiger partial charge in [-0.05, 0) is 24.7 Å². The Hall–Kier alpha value is -1.75. The van der Waals surface area contributed by atoms with Gasteiger partial charge in [-0.15, -0.1) is 5.10 Å². The molecule has 1 N–H and O–H groups in total. The summed E-state index contributed by atoms with van der Waals surface area (Å²) in [5.74, 6) is -0.219. The summed E-state index contributed by atoms with van der Waals surface area (Å²) in [5, 5.41) is 11.1. The number of benzene rings is 1. The SMILES string of the molecule is CNC(Cc1cn(C)nn1)c1ccc(F)cc1. The molecule has 0 radical (unpaired) electrons. The zero-order valence-electron chi connectivity index (χ0n) is 9.89. The van der Waals surface area contributed by atoms with Gasteiger partial charge in [0.15, 0.2) is 0 Å². The van der Waals surface area contributed by atoms with E-state index in [4.69, 9.17) is 0 Å². The molecule has 90 valence electrons. The van der Waals surface area contributed by atoms with Crippen LogP contribution in [0.4, 0.5) is 4.39 Å². The molecular formula is C12H15FN4. The Balaban J connectivity index is 2.13. The molecule has 0 spiro atoms. The van der Waals surface area contributed by atoms with E-state index in [9.17, 15) is 4.39 Å². The predicted octanol–water partition coefficient (Wildman–Crippen LogP) is 1.46. The number of likely N-dealkylation sites (N-methyl/N-ethyl adjacent to an activating group) is 1. The predicted molar refractivity (Wildman–Crippen MR) is 62.9 cm³/mol. The number of nitrogens with zero attached hydrogens (tertiary/aromatic N) is 3. The number of halogens is 1. The van der Waals surface area contributed by atoms with E-state index in [2.05, 4.69) is 15.6 Å². The van der Waals surface area contributed by atoms with E-state index in [1.54, 1.807) is 16.8 Å². The first kappa shape index (κ1) is 11.7. The zero-order valence-corrected chi connectivity index (χ0v) is 9.89. The second-order valence-electron chi connectivity index (χ2n) is 3.98. The molecule has 0 aliphatic carbocycles. The van der Waals surface area contributed by atoms with Crippen molar-refractivity contribution >= 4 is 0 Å². The highest BCUT2D eigenvalue weighted by Crippen LogP contribution is 2.17. The highest BCUT2D eigenvalue weighted by atomic mass is 19.1. The summed E-state index contributed by atoms with van der Waals surface area (Å²) in [4.78, 5) is 0. The molecule has 0 amide bonds. The lowest BCUT2D eigenvalue weighted by Gasteiger charge is -2.14. The molecule has 2 aromatic rings.